The van der Waals surface area contributed by atoms with E-state index in [2.05, 4.69) is 14.9 Å². The number of hydrogen-bond donors (Lipinski definition) is 0. The Morgan fingerprint density at radius 2 is 1.69 bits per heavy atom. The number of rotatable bonds is 3. The highest BCUT2D eigenvalue weighted by Crippen LogP contribution is 2.31. The Kier molecular flexibility index (Phi) is 4.98. The molecule has 0 bridgehead atoms. The monoisotopic (exact) mass is 363 g/mol. The quantitative estimate of drug-likeness (QED) is 0.820. The molecule has 4 nitrogen and oxygen atoms in total. The van der Waals surface area contributed by atoms with E-state index in [1.807, 2.05) is 13.8 Å². The number of alkyl halides is 3. The molecule has 2 heterocycles. The van der Waals surface area contributed by atoms with Crippen molar-refractivity contribution in [1.82, 2.24) is 9.97 Å². The van der Waals surface area contributed by atoms with Crippen LogP contribution >= 0.6 is 0 Å². The molecule has 0 unspecified atom stereocenters. The lowest BCUT2D eigenvalue weighted by Crippen LogP contribution is -2.35. The van der Waals surface area contributed by atoms with Gasteiger partial charge in [-0.25, -0.2) is 9.97 Å². The van der Waals surface area contributed by atoms with E-state index in [0.29, 0.717) is 37.3 Å². The van der Waals surface area contributed by atoms with Gasteiger partial charge in [0.2, 0.25) is 0 Å². The smallest absolute Gasteiger partial charge is 0.355 e. The number of carbonyl (C=O) groups is 1. The van der Waals surface area contributed by atoms with Gasteiger partial charge in [-0.1, -0.05) is 19.1 Å². The molecule has 0 aliphatic carbocycles. The number of Topliss-reactive ketones (excluding diaryl/α,β-unsaturated/α-hetero) is 1. The number of benzene rings is 1. The van der Waals surface area contributed by atoms with Gasteiger partial charge < -0.3 is 4.90 Å². The van der Waals surface area contributed by atoms with Gasteiger partial charge in [-0.15, -0.1) is 0 Å². The van der Waals surface area contributed by atoms with Crippen LogP contribution in [0.4, 0.5) is 19.0 Å². The van der Waals surface area contributed by atoms with Crippen LogP contribution in [0.2, 0.25) is 0 Å². The summed E-state index contributed by atoms with van der Waals surface area (Å²) >= 11 is 0. The van der Waals surface area contributed by atoms with E-state index in [9.17, 15) is 18.0 Å². The molecule has 3 rings (SSSR count). The summed E-state index contributed by atoms with van der Waals surface area (Å²) in [6.45, 7) is 5.11. The average molecular weight is 363 g/mol. The van der Waals surface area contributed by atoms with E-state index in [4.69, 9.17) is 0 Å². The van der Waals surface area contributed by atoms with E-state index < -0.39 is 11.7 Å². The van der Waals surface area contributed by atoms with Gasteiger partial charge in [-0.3, -0.25) is 4.79 Å². The lowest BCUT2D eigenvalue weighted by molar-refractivity contribution is -0.137. The third kappa shape index (κ3) is 3.71. The maximum atomic E-state index is 12.8. The molecule has 0 spiro atoms. The summed E-state index contributed by atoms with van der Waals surface area (Å²) in [7, 11) is 0. The van der Waals surface area contributed by atoms with Crippen molar-refractivity contribution in [3.63, 3.8) is 0 Å². The Balaban J connectivity index is 1.99. The molecule has 1 aromatic carbocycles. The number of anilines is 1. The Morgan fingerprint density at radius 1 is 1.08 bits per heavy atom. The Bertz CT molecular complexity index is 806. The molecule has 1 aliphatic rings. The van der Waals surface area contributed by atoms with Crippen LogP contribution in [0.5, 0.6) is 0 Å². The van der Waals surface area contributed by atoms with Gasteiger partial charge >= 0.3 is 6.18 Å². The molecule has 7 heteroatoms. The maximum Gasteiger partial charge on any atom is 0.416 e. The van der Waals surface area contributed by atoms with Crippen LogP contribution in [-0.2, 0) is 17.4 Å². The zero-order valence-electron chi connectivity index (χ0n) is 14.7. The molecule has 1 fully saturated rings. The van der Waals surface area contributed by atoms with Crippen molar-refractivity contribution in [1.29, 1.82) is 0 Å². The minimum Gasteiger partial charge on any atom is -0.355 e. The number of aryl methyl sites for hydroxylation is 1. The Morgan fingerprint density at radius 3 is 2.23 bits per heavy atom. The second-order valence-electron chi connectivity index (χ2n) is 6.39. The van der Waals surface area contributed by atoms with Crippen LogP contribution in [0.25, 0.3) is 11.4 Å². The van der Waals surface area contributed by atoms with Crippen LogP contribution < -0.4 is 4.90 Å². The maximum absolute atomic E-state index is 12.8. The number of nitrogens with zero attached hydrogens (tertiary/aromatic N) is 3. The number of halogens is 3. The molecule has 0 radical (unpaired) electrons. The van der Waals surface area contributed by atoms with Gasteiger partial charge in [0.1, 0.15) is 11.6 Å². The van der Waals surface area contributed by atoms with Gasteiger partial charge in [0.15, 0.2) is 5.82 Å². The Hall–Kier alpha value is -2.44. The second-order valence-corrected chi connectivity index (χ2v) is 6.39. The summed E-state index contributed by atoms with van der Waals surface area (Å²) in [6.07, 6.45) is -2.64. The summed E-state index contributed by atoms with van der Waals surface area (Å²) in [4.78, 5) is 22.7. The number of aromatic nitrogens is 2. The molecule has 1 aliphatic heterocycles. The largest absolute Gasteiger partial charge is 0.416 e. The predicted molar refractivity (Wildman–Crippen MR) is 93.0 cm³/mol. The van der Waals surface area contributed by atoms with E-state index in [0.717, 1.165) is 35.6 Å². The minimum absolute atomic E-state index is 0.244. The van der Waals surface area contributed by atoms with E-state index in [1.165, 1.54) is 12.1 Å². The molecule has 26 heavy (non-hydrogen) atoms. The highest BCUT2D eigenvalue weighted by molar-refractivity contribution is 5.81. The zero-order chi connectivity index (χ0) is 18.9. The van der Waals surface area contributed by atoms with Crippen LogP contribution in [0, 0.1) is 6.92 Å². The fourth-order valence-corrected chi connectivity index (χ4v) is 3.16. The SMILES string of the molecule is CCc1c(C)nc(-c2ccc(C(F)(F)F)cc2)nc1N1CCC(=O)CC1. The van der Waals surface area contributed by atoms with Gasteiger partial charge in [0.25, 0.3) is 0 Å². The fraction of sp³-hybridized carbons (Fsp3) is 0.421. The molecule has 1 saturated heterocycles. The number of piperidine rings is 1. The fourth-order valence-electron chi connectivity index (χ4n) is 3.16. The van der Waals surface area contributed by atoms with Crippen LogP contribution in [-0.4, -0.2) is 28.8 Å². The molecular weight excluding hydrogens is 343 g/mol. The van der Waals surface area contributed by atoms with Crippen molar-refractivity contribution in [3.05, 3.63) is 41.1 Å². The first-order chi connectivity index (χ1) is 12.3. The topological polar surface area (TPSA) is 46.1 Å². The van der Waals surface area contributed by atoms with Gasteiger partial charge in [0, 0.05) is 42.8 Å². The van der Waals surface area contributed by atoms with Crippen molar-refractivity contribution in [3.8, 4) is 11.4 Å². The predicted octanol–water partition coefficient (Wildman–Crippen LogP) is 4.20. The molecule has 0 saturated carbocycles. The summed E-state index contributed by atoms with van der Waals surface area (Å²) in [5.74, 6) is 1.43. The van der Waals surface area contributed by atoms with Crippen LogP contribution in [0.15, 0.2) is 24.3 Å². The summed E-state index contributed by atoms with van der Waals surface area (Å²) in [5.41, 5.74) is 1.66. The van der Waals surface area contributed by atoms with Crippen molar-refractivity contribution in [2.24, 2.45) is 0 Å². The van der Waals surface area contributed by atoms with E-state index in [-0.39, 0.29) is 5.78 Å². The first-order valence-electron chi connectivity index (χ1n) is 8.61. The highest BCUT2D eigenvalue weighted by atomic mass is 19.4. The van der Waals surface area contributed by atoms with Crippen molar-refractivity contribution >= 4 is 11.6 Å². The number of hydrogen-bond acceptors (Lipinski definition) is 4. The Labute approximate surface area is 150 Å². The molecule has 1 aromatic heterocycles. The molecular formula is C19H20F3N3O. The molecule has 2 aromatic rings. The first-order valence-corrected chi connectivity index (χ1v) is 8.61. The lowest BCUT2D eigenvalue weighted by atomic mass is 10.1. The van der Waals surface area contributed by atoms with E-state index in [1.54, 1.807) is 0 Å². The molecule has 0 atom stereocenters. The van der Waals surface area contributed by atoms with Gasteiger partial charge in [0.05, 0.1) is 5.56 Å². The first kappa shape index (κ1) is 18.4. The van der Waals surface area contributed by atoms with Crippen molar-refractivity contribution in [2.75, 3.05) is 18.0 Å². The number of ketones is 1. The summed E-state index contributed by atoms with van der Waals surface area (Å²) in [6, 6.07) is 4.88. The standard InChI is InChI=1S/C19H20F3N3O/c1-3-16-12(2)23-17(13-4-6-14(7-5-13)19(20,21)22)24-18(16)25-10-8-15(26)9-11-25/h4-7H,3,8-11H2,1-2H3. The average Bonchev–Trinajstić information content (AvgIpc) is 2.61. The lowest BCUT2D eigenvalue weighted by Gasteiger charge is -2.29. The van der Waals surface area contributed by atoms with E-state index >= 15 is 0 Å². The van der Waals surface area contributed by atoms with Crippen molar-refractivity contribution in [2.45, 2.75) is 39.3 Å². The molecule has 0 amide bonds. The molecule has 0 N–H and O–H groups in total. The second kappa shape index (κ2) is 7.05. The van der Waals surface area contributed by atoms with Crippen LogP contribution in [0.1, 0.15) is 36.6 Å². The summed E-state index contributed by atoms with van der Waals surface area (Å²) < 4.78 is 38.3. The van der Waals surface area contributed by atoms with Gasteiger partial charge in [-0.2, -0.15) is 13.2 Å². The normalized spacial score (nSPS) is 15.4. The minimum atomic E-state index is -4.37. The van der Waals surface area contributed by atoms with Crippen molar-refractivity contribution < 1.29 is 18.0 Å². The zero-order valence-corrected chi connectivity index (χ0v) is 14.7. The summed E-state index contributed by atoms with van der Waals surface area (Å²) in [5, 5.41) is 0. The molecule has 138 valence electrons. The third-order valence-electron chi connectivity index (χ3n) is 4.64. The number of carbonyl (C=O) groups excluding carboxylic acids is 1. The van der Waals surface area contributed by atoms with Gasteiger partial charge in [-0.05, 0) is 25.5 Å². The third-order valence-corrected chi connectivity index (χ3v) is 4.64. The van der Waals surface area contributed by atoms with Crippen LogP contribution in [0.3, 0.4) is 0 Å². The highest BCUT2D eigenvalue weighted by Gasteiger charge is 2.30.